The number of benzene rings is 1. The summed E-state index contributed by atoms with van der Waals surface area (Å²) in [4.78, 5) is 26.2. The van der Waals surface area contributed by atoms with Crippen LogP contribution in [0.1, 0.15) is 37.4 Å². The molecule has 2 atom stereocenters. The van der Waals surface area contributed by atoms with Crippen molar-refractivity contribution >= 4 is 17.5 Å². The van der Waals surface area contributed by atoms with Crippen molar-refractivity contribution in [2.45, 2.75) is 43.9 Å². The molecule has 3 aliphatic rings. The van der Waals surface area contributed by atoms with E-state index in [0.717, 1.165) is 36.9 Å². The average molecular weight is 374 g/mol. The van der Waals surface area contributed by atoms with Gasteiger partial charge in [0.15, 0.2) is 0 Å². The minimum Gasteiger partial charge on any atom is -0.394 e. The van der Waals surface area contributed by atoms with Crippen molar-refractivity contribution in [2.75, 3.05) is 31.7 Å². The van der Waals surface area contributed by atoms with Gasteiger partial charge in [-0.15, -0.1) is 0 Å². The predicted octanol–water partition coefficient (Wildman–Crippen LogP) is 1.47. The van der Waals surface area contributed by atoms with Gasteiger partial charge in [-0.2, -0.15) is 0 Å². The third kappa shape index (κ3) is 4.00. The molecule has 7 nitrogen and oxygen atoms in total. The number of nitrogens with zero attached hydrogens (tertiary/aromatic N) is 1. The first-order valence-electron chi connectivity index (χ1n) is 9.69. The SMILES string of the molecule is O=C(Nc1ccc(C2OCC(=O)N(C3CCOCC3)C2CO)cc1)C1CC1. The Hall–Kier alpha value is -1.96. The van der Waals surface area contributed by atoms with Crippen LogP contribution in [-0.4, -0.2) is 60.3 Å². The minimum absolute atomic E-state index is 0.0126. The van der Waals surface area contributed by atoms with Crippen molar-refractivity contribution in [1.29, 1.82) is 0 Å². The van der Waals surface area contributed by atoms with E-state index in [-0.39, 0.29) is 43.1 Å². The molecule has 2 unspecified atom stereocenters. The Morgan fingerprint density at radius 3 is 2.48 bits per heavy atom. The van der Waals surface area contributed by atoms with E-state index < -0.39 is 6.04 Å². The molecule has 2 aliphatic heterocycles. The Morgan fingerprint density at radius 2 is 1.85 bits per heavy atom. The first-order chi connectivity index (χ1) is 13.2. The van der Waals surface area contributed by atoms with Crippen molar-refractivity contribution in [3.8, 4) is 0 Å². The third-order valence-corrected chi connectivity index (χ3v) is 5.61. The summed E-state index contributed by atoms with van der Waals surface area (Å²) in [6, 6.07) is 7.15. The summed E-state index contributed by atoms with van der Waals surface area (Å²) < 4.78 is 11.2. The normalized spacial score (nSPS) is 26.9. The van der Waals surface area contributed by atoms with Gasteiger partial charge in [-0.1, -0.05) is 12.1 Å². The van der Waals surface area contributed by atoms with Gasteiger partial charge in [-0.05, 0) is 43.4 Å². The van der Waals surface area contributed by atoms with Gasteiger partial charge in [0, 0.05) is 30.9 Å². The van der Waals surface area contributed by atoms with Crippen LogP contribution in [0.2, 0.25) is 0 Å². The maximum absolute atomic E-state index is 12.5. The van der Waals surface area contributed by atoms with Gasteiger partial charge in [-0.3, -0.25) is 9.59 Å². The number of morpholine rings is 1. The summed E-state index contributed by atoms with van der Waals surface area (Å²) >= 11 is 0. The van der Waals surface area contributed by atoms with E-state index in [1.807, 2.05) is 24.3 Å². The number of aliphatic hydroxyl groups is 1. The second-order valence-corrected chi connectivity index (χ2v) is 7.51. The zero-order valence-electron chi connectivity index (χ0n) is 15.3. The number of nitrogens with one attached hydrogen (secondary N) is 1. The lowest BCUT2D eigenvalue weighted by molar-refractivity contribution is -0.168. The van der Waals surface area contributed by atoms with Crippen LogP contribution in [0.15, 0.2) is 24.3 Å². The maximum atomic E-state index is 12.5. The summed E-state index contributed by atoms with van der Waals surface area (Å²) in [5, 5.41) is 12.9. The van der Waals surface area contributed by atoms with Gasteiger partial charge in [0.2, 0.25) is 11.8 Å². The van der Waals surface area contributed by atoms with Crippen LogP contribution in [0.5, 0.6) is 0 Å². The fourth-order valence-electron chi connectivity index (χ4n) is 3.96. The molecular formula is C20H26N2O5. The molecule has 4 rings (SSSR count). The molecule has 0 bridgehead atoms. The summed E-state index contributed by atoms with van der Waals surface area (Å²) in [6.07, 6.45) is 3.10. The van der Waals surface area contributed by atoms with Gasteiger partial charge >= 0.3 is 0 Å². The number of amides is 2. The first kappa shape index (κ1) is 18.4. The Labute approximate surface area is 158 Å². The molecule has 3 fully saturated rings. The van der Waals surface area contributed by atoms with E-state index in [2.05, 4.69) is 5.32 Å². The topological polar surface area (TPSA) is 88.1 Å². The molecule has 0 spiro atoms. The average Bonchev–Trinajstić information content (AvgIpc) is 3.54. The van der Waals surface area contributed by atoms with Crippen molar-refractivity contribution < 1.29 is 24.2 Å². The van der Waals surface area contributed by atoms with Crippen LogP contribution in [0.25, 0.3) is 0 Å². The van der Waals surface area contributed by atoms with Gasteiger partial charge in [0.25, 0.3) is 0 Å². The molecule has 146 valence electrons. The number of ether oxygens (including phenoxy) is 2. The van der Waals surface area contributed by atoms with E-state index in [0.29, 0.717) is 13.2 Å². The number of hydrogen-bond donors (Lipinski definition) is 2. The van der Waals surface area contributed by atoms with Crippen LogP contribution in [-0.2, 0) is 19.1 Å². The van der Waals surface area contributed by atoms with Crippen LogP contribution >= 0.6 is 0 Å². The summed E-state index contributed by atoms with van der Waals surface area (Å²) in [5.41, 5.74) is 1.65. The molecule has 1 aliphatic carbocycles. The molecule has 0 aromatic heterocycles. The lowest BCUT2D eigenvalue weighted by atomic mass is 9.95. The fraction of sp³-hybridized carbons (Fsp3) is 0.600. The molecule has 0 radical (unpaired) electrons. The highest BCUT2D eigenvalue weighted by Crippen LogP contribution is 2.34. The van der Waals surface area contributed by atoms with E-state index >= 15 is 0 Å². The number of carbonyl (C=O) groups is 2. The summed E-state index contributed by atoms with van der Waals surface area (Å²) in [6.45, 7) is 1.12. The van der Waals surface area contributed by atoms with E-state index in [1.54, 1.807) is 4.90 Å². The van der Waals surface area contributed by atoms with Crippen molar-refractivity contribution in [1.82, 2.24) is 4.90 Å². The second-order valence-electron chi connectivity index (χ2n) is 7.51. The molecule has 1 saturated carbocycles. The molecular weight excluding hydrogens is 348 g/mol. The highest BCUT2D eigenvalue weighted by molar-refractivity contribution is 5.94. The molecule has 2 amide bonds. The lowest BCUT2D eigenvalue weighted by Crippen LogP contribution is -2.57. The fourth-order valence-corrected chi connectivity index (χ4v) is 3.96. The largest absolute Gasteiger partial charge is 0.394 e. The molecule has 27 heavy (non-hydrogen) atoms. The Balaban J connectivity index is 1.49. The van der Waals surface area contributed by atoms with Gasteiger partial charge < -0.3 is 24.8 Å². The molecule has 7 heteroatoms. The smallest absolute Gasteiger partial charge is 0.249 e. The monoisotopic (exact) mass is 374 g/mol. The quantitative estimate of drug-likeness (QED) is 0.815. The van der Waals surface area contributed by atoms with E-state index in [4.69, 9.17) is 9.47 Å². The number of hydrogen-bond acceptors (Lipinski definition) is 5. The second kappa shape index (κ2) is 7.96. The number of carbonyl (C=O) groups excluding carboxylic acids is 2. The van der Waals surface area contributed by atoms with Crippen LogP contribution in [0.3, 0.4) is 0 Å². The third-order valence-electron chi connectivity index (χ3n) is 5.61. The van der Waals surface area contributed by atoms with E-state index in [9.17, 15) is 14.7 Å². The predicted molar refractivity (Wildman–Crippen MR) is 98.0 cm³/mol. The minimum atomic E-state index is -0.416. The Kier molecular flexibility index (Phi) is 5.43. The van der Waals surface area contributed by atoms with Gasteiger partial charge in [0.1, 0.15) is 12.7 Å². The molecule has 2 saturated heterocycles. The zero-order valence-corrected chi connectivity index (χ0v) is 15.3. The molecule has 2 N–H and O–H groups in total. The highest BCUT2D eigenvalue weighted by atomic mass is 16.5. The summed E-state index contributed by atoms with van der Waals surface area (Å²) in [7, 11) is 0. The van der Waals surface area contributed by atoms with Crippen molar-refractivity contribution in [3.63, 3.8) is 0 Å². The molecule has 1 aromatic rings. The van der Waals surface area contributed by atoms with Crippen LogP contribution < -0.4 is 5.32 Å². The van der Waals surface area contributed by atoms with Crippen LogP contribution in [0.4, 0.5) is 5.69 Å². The maximum Gasteiger partial charge on any atom is 0.249 e. The Morgan fingerprint density at radius 1 is 1.15 bits per heavy atom. The Bertz CT molecular complexity index is 682. The number of anilines is 1. The van der Waals surface area contributed by atoms with E-state index in [1.165, 1.54) is 0 Å². The zero-order chi connectivity index (χ0) is 18.8. The first-order valence-corrected chi connectivity index (χ1v) is 9.69. The highest BCUT2D eigenvalue weighted by Gasteiger charge is 2.41. The van der Waals surface area contributed by atoms with Gasteiger partial charge in [-0.25, -0.2) is 0 Å². The summed E-state index contributed by atoms with van der Waals surface area (Å²) in [5.74, 6) is 0.149. The molecule has 1 aromatic carbocycles. The van der Waals surface area contributed by atoms with Crippen molar-refractivity contribution in [3.05, 3.63) is 29.8 Å². The van der Waals surface area contributed by atoms with Crippen molar-refractivity contribution in [2.24, 2.45) is 5.92 Å². The molecule has 2 heterocycles. The standard InChI is InChI=1S/C20H26N2O5/c23-11-17-19(27-12-18(24)22(17)16-7-9-26-10-8-16)13-3-5-15(6-4-13)21-20(25)14-1-2-14/h3-6,14,16-17,19,23H,1-2,7-12H2,(H,21,25). The van der Waals surface area contributed by atoms with Gasteiger partial charge in [0.05, 0.1) is 12.6 Å². The number of aliphatic hydroxyl groups excluding tert-OH is 1. The number of rotatable bonds is 5. The lowest BCUT2D eigenvalue weighted by Gasteiger charge is -2.45. The van der Waals surface area contributed by atoms with Crippen LogP contribution in [0, 0.1) is 5.92 Å².